The topological polar surface area (TPSA) is 49.6 Å². The number of pyridine rings is 1. The van der Waals surface area contributed by atoms with Crippen molar-refractivity contribution in [3.8, 4) is 0 Å². The van der Waals surface area contributed by atoms with Gasteiger partial charge in [-0.05, 0) is 12.1 Å². The predicted octanol–water partition coefficient (Wildman–Crippen LogP) is 1.51. The van der Waals surface area contributed by atoms with Gasteiger partial charge in [-0.3, -0.25) is 4.90 Å². The summed E-state index contributed by atoms with van der Waals surface area (Å²) in [6.07, 6.45) is 3.48. The minimum atomic E-state index is 0.909. The van der Waals surface area contributed by atoms with Crippen molar-refractivity contribution in [2.24, 2.45) is 0 Å². The molecule has 0 radical (unpaired) electrons. The molecule has 7 heteroatoms. The van der Waals surface area contributed by atoms with Gasteiger partial charge in [0.1, 0.15) is 6.33 Å². The second-order valence-electron chi connectivity index (χ2n) is 5.13. The highest BCUT2D eigenvalue weighted by atomic mass is 32.1. The molecule has 108 valence electrons. The Kier molecular flexibility index (Phi) is 3.28. The van der Waals surface area contributed by atoms with Crippen LogP contribution >= 0.6 is 11.3 Å². The van der Waals surface area contributed by atoms with Gasteiger partial charge in [0.05, 0.1) is 5.69 Å². The van der Waals surface area contributed by atoms with Gasteiger partial charge in [0, 0.05) is 44.3 Å². The largest absolute Gasteiger partial charge is 0.346 e. The van der Waals surface area contributed by atoms with Crippen LogP contribution in [0.1, 0.15) is 5.69 Å². The first-order valence-electron chi connectivity index (χ1n) is 7.04. The maximum atomic E-state index is 4.39. The van der Waals surface area contributed by atoms with E-state index in [0.29, 0.717) is 0 Å². The Labute approximate surface area is 126 Å². The number of anilines is 1. The number of nitrogens with zero attached hydrogens (tertiary/aromatic N) is 6. The van der Waals surface area contributed by atoms with Crippen LogP contribution in [0.25, 0.3) is 5.65 Å². The molecule has 0 aromatic carbocycles. The number of piperazine rings is 1. The maximum Gasteiger partial charge on any atom is 0.185 e. The highest BCUT2D eigenvalue weighted by molar-refractivity contribution is 7.13. The number of rotatable bonds is 3. The molecule has 1 aliphatic heterocycles. The molecule has 1 aliphatic rings. The van der Waals surface area contributed by atoms with Crippen molar-refractivity contribution in [3.63, 3.8) is 0 Å². The molecule has 0 unspecified atom stereocenters. The molecule has 21 heavy (non-hydrogen) atoms. The quantitative estimate of drug-likeness (QED) is 0.734. The van der Waals surface area contributed by atoms with Gasteiger partial charge in [-0.2, -0.15) is 5.10 Å². The number of fused-ring (bicyclic) bond motifs is 1. The van der Waals surface area contributed by atoms with Gasteiger partial charge in [-0.1, -0.05) is 6.07 Å². The monoisotopic (exact) mass is 300 g/mol. The van der Waals surface area contributed by atoms with E-state index < -0.39 is 0 Å². The standard InChI is InChI=1S/C14H16N6S/c1-2-12(20-13(3-1)16-11-17-20)10-18-5-7-19(8-6-18)14-15-4-9-21-14/h1-4,9,11H,5-8,10H2. The van der Waals surface area contributed by atoms with Crippen molar-refractivity contribution in [1.82, 2.24) is 24.5 Å². The second kappa shape index (κ2) is 5.42. The van der Waals surface area contributed by atoms with E-state index in [0.717, 1.165) is 43.5 Å². The summed E-state index contributed by atoms with van der Waals surface area (Å²) in [4.78, 5) is 13.4. The first-order chi connectivity index (χ1) is 10.4. The Morgan fingerprint density at radius 1 is 1.10 bits per heavy atom. The summed E-state index contributed by atoms with van der Waals surface area (Å²) in [6.45, 7) is 5.06. The van der Waals surface area contributed by atoms with Crippen LogP contribution in [0.3, 0.4) is 0 Å². The molecule has 0 bridgehead atoms. The number of hydrogen-bond donors (Lipinski definition) is 0. The van der Waals surface area contributed by atoms with Crippen LogP contribution in [-0.4, -0.2) is 50.7 Å². The van der Waals surface area contributed by atoms with Crippen molar-refractivity contribution < 1.29 is 0 Å². The molecule has 4 rings (SSSR count). The van der Waals surface area contributed by atoms with E-state index in [1.165, 1.54) is 5.69 Å². The lowest BCUT2D eigenvalue weighted by Gasteiger charge is -2.34. The fourth-order valence-electron chi connectivity index (χ4n) is 2.72. The molecule has 0 amide bonds. The van der Waals surface area contributed by atoms with Gasteiger partial charge < -0.3 is 4.90 Å². The van der Waals surface area contributed by atoms with Crippen LogP contribution in [0.4, 0.5) is 5.13 Å². The van der Waals surface area contributed by atoms with Gasteiger partial charge in [0.25, 0.3) is 0 Å². The van der Waals surface area contributed by atoms with Gasteiger partial charge >= 0.3 is 0 Å². The smallest absolute Gasteiger partial charge is 0.185 e. The predicted molar refractivity (Wildman–Crippen MR) is 82.6 cm³/mol. The van der Waals surface area contributed by atoms with E-state index in [1.807, 2.05) is 28.2 Å². The van der Waals surface area contributed by atoms with Gasteiger partial charge in [0.15, 0.2) is 10.8 Å². The van der Waals surface area contributed by atoms with Crippen molar-refractivity contribution >= 4 is 22.1 Å². The minimum Gasteiger partial charge on any atom is -0.346 e. The normalized spacial score (nSPS) is 16.7. The van der Waals surface area contributed by atoms with E-state index in [9.17, 15) is 0 Å². The molecular weight excluding hydrogens is 284 g/mol. The summed E-state index contributed by atoms with van der Waals surface area (Å²) in [6, 6.07) is 6.15. The summed E-state index contributed by atoms with van der Waals surface area (Å²) in [7, 11) is 0. The Bertz CT molecular complexity index is 714. The summed E-state index contributed by atoms with van der Waals surface area (Å²) < 4.78 is 1.92. The van der Waals surface area contributed by atoms with E-state index in [1.54, 1.807) is 17.7 Å². The first-order valence-corrected chi connectivity index (χ1v) is 7.92. The molecule has 0 N–H and O–H groups in total. The SMILES string of the molecule is c1cc(CN2CCN(c3nccs3)CC2)n2ncnc2c1. The zero-order valence-electron chi connectivity index (χ0n) is 11.6. The number of thiazole rings is 1. The van der Waals surface area contributed by atoms with Gasteiger partial charge in [0.2, 0.25) is 0 Å². The molecule has 1 fully saturated rings. The van der Waals surface area contributed by atoms with E-state index in [2.05, 4.69) is 30.9 Å². The Morgan fingerprint density at radius 2 is 2.00 bits per heavy atom. The van der Waals surface area contributed by atoms with E-state index in [-0.39, 0.29) is 0 Å². The van der Waals surface area contributed by atoms with Crippen LogP contribution in [0.15, 0.2) is 36.1 Å². The van der Waals surface area contributed by atoms with Gasteiger partial charge in [-0.15, -0.1) is 11.3 Å². The van der Waals surface area contributed by atoms with Crippen molar-refractivity contribution in [3.05, 3.63) is 41.8 Å². The Morgan fingerprint density at radius 3 is 2.81 bits per heavy atom. The molecule has 0 aliphatic carbocycles. The van der Waals surface area contributed by atoms with Crippen molar-refractivity contribution in [2.45, 2.75) is 6.54 Å². The third kappa shape index (κ3) is 2.50. The molecule has 0 atom stereocenters. The zero-order chi connectivity index (χ0) is 14.1. The maximum absolute atomic E-state index is 4.39. The highest BCUT2D eigenvalue weighted by Crippen LogP contribution is 2.19. The Hall–Kier alpha value is -1.99. The van der Waals surface area contributed by atoms with Crippen LogP contribution < -0.4 is 4.90 Å². The lowest BCUT2D eigenvalue weighted by molar-refractivity contribution is 0.245. The molecular formula is C14H16N6S. The highest BCUT2D eigenvalue weighted by Gasteiger charge is 2.19. The van der Waals surface area contributed by atoms with E-state index in [4.69, 9.17) is 0 Å². The van der Waals surface area contributed by atoms with Crippen molar-refractivity contribution in [1.29, 1.82) is 0 Å². The van der Waals surface area contributed by atoms with Crippen LogP contribution in [0, 0.1) is 0 Å². The lowest BCUT2D eigenvalue weighted by Crippen LogP contribution is -2.46. The van der Waals surface area contributed by atoms with Crippen LogP contribution in [0.5, 0.6) is 0 Å². The molecule has 3 aromatic rings. The molecule has 6 nitrogen and oxygen atoms in total. The van der Waals surface area contributed by atoms with Gasteiger partial charge in [-0.25, -0.2) is 14.5 Å². The fourth-order valence-corrected chi connectivity index (χ4v) is 3.42. The fraction of sp³-hybridized carbons (Fsp3) is 0.357. The summed E-state index contributed by atoms with van der Waals surface area (Å²) in [5, 5.41) is 7.47. The second-order valence-corrected chi connectivity index (χ2v) is 6.00. The molecule has 4 heterocycles. The molecule has 0 spiro atoms. The number of hydrogen-bond acceptors (Lipinski definition) is 6. The van der Waals surface area contributed by atoms with Crippen LogP contribution in [-0.2, 0) is 6.54 Å². The summed E-state index contributed by atoms with van der Waals surface area (Å²) >= 11 is 1.71. The van der Waals surface area contributed by atoms with Crippen molar-refractivity contribution in [2.75, 3.05) is 31.1 Å². The summed E-state index contributed by atoms with van der Waals surface area (Å²) in [5.41, 5.74) is 2.10. The number of aromatic nitrogens is 4. The molecule has 1 saturated heterocycles. The summed E-state index contributed by atoms with van der Waals surface area (Å²) in [5.74, 6) is 0. The average Bonchev–Trinajstić information content (AvgIpc) is 3.20. The lowest BCUT2D eigenvalue weighted by atomic mass is 10.3. The Balaban J connectivity index is 1.44. The first kappa shape index (κ1) is 12.7. The zero-order valence-corrected chi connectivity index (χ0v) is 12.4. The third-order valence-corrected chi connectivity index (χ3v) is 4.66. The average molecular weight is 300 g/mol. The molecule has 3 aromatic heterocycles. The third-order valence-electron chi connectivity index (χ3n) is 3.83. The molecule has 0 saturated carbocycles. The van der Waals surface area contributed by atoms with E-state index >= 15 is 0 Å². The minimum absolute atomic E-state index is 0.909. The van der Waals surface area contributed by atoms with Crippen LogP contribution in [0.2, 0.25) is 0 Å².